The zero-order valence-corrected chi connectivity index (χ0v) is 10.3. The summed E-state index contributed by atoms with van der Waals surface area (Å²) in [6.45, 7) is 0.359. The molecule has 0 fully saturated rings. The van der Waals surface area contributed by atoms with Crippen LogP contribution in [0.25, 0.3) is 5.69 Å². The number of non-ortho nitro benzene ring substituents is 1. The first kappa shape index (κ1) is 11.7. The Labute approximate surface area is 105 Å². The molecule has 2 N–H and O–H groups in total. The van der Waals surface area contributed by atoms with Crippen LogP contribution >= 0.6 is 15.9 Å². The summed E-state index contributed by atoms with van der Waals surface area (Å²) in [5.74, 6) is 0. The molecule has 7 heteroatoms. The van der Waals surface area contributed by atoms with E-state index < -0.39 is 4.92 Å². The Bertz CT molecular complexity index is 567. The first-order chi connectivity index (χ1) is 8.11. The molecule has 0 aliphatic carbocycles. The van der Waals surface area contributed by atoms with Crippen LogP contribution in [0.3, 0.4) is 0 Å². The van der Waals surface area contributed by atoms with E-state index in [0.29, 0.717) is 11.0 Å². The number of rotatable bonds is 3. The second-order valence-corrected chi connectivity index (χ2v) is 4.20. The molecule has 1 heterocycles. The number of nitrogens with two attached hydrogens (primary N) is 1. The molecule has 0 saturated carbocycles. The molecule has 6 nitrogen and oxygen atoms in total. The summed E-state index contributed by atoms with van der Waals surface area (Å²) in [5, 5.41) is 14.8. The number of nitro benzene ring substituents is 1. The van der Waals surface area contributed by atoms with Gasteiger partial charge in [0.2, 0.25) is 0 Å². The third-order valence-corrected chi connectivity index (χ3v) is 2.88. The van der Waals surface area contributed by atoms with Crippen LogP contribution in [0.5, 0.6) is 0 Å². The number of aromatic nitrogens is 2. The fourth-order valence-electron chi connectivity index (χ4n) is 1.40. The molecular formula is C10H9BrN4O2. The molecule has 0 unspecified atom stereocenters. The monoisotopic (exact) mass is 296 g/mol. The second-order valence-electron chi connectivity index (χ2n) is 3.35. The van der Waals surface area contributed by atoms with Gasteiger partial charge in [0, 0.05) is 24.9 Å². The molecule has 1 aromatic carbocycles. The lowest BCUT2D eigenvalue weighted by atomic mass is 10.3. The molecular weight excluding hydrogens is 288 g/mol. The normalized spacial score (nSPS) is 10.5. The predicted octanol–water partition coefficient (Wildman–Crippen LogP) is 2.00. The molecule has 0 radical (unpaired) electrons. The van der Waals surface area contributed by atoms with Crippen LogP contribution < -0.4 is 5.73 Å². The Morgan fingerprint density at radius 2 is 2.24 bits per heavy atom. The predicted molar refractivity (Wildman–Crippen MR) is 65.8 cm³/mol. The van der Waals surface area contributed by atoms with Gasteiger partial charge < -0.3 is 5.73 Å². The van der Waals surface area contributed by atoms with E-state index in [1.54, 1.807) is 23.0 Å². The topological polar surface area (TPSA) is 87.0 Å². The number of benzene rings is 1. The van der Waals surface area contributed by atoms with Crippen molar-refractivity contribution in [2.45, 2.75) is 6.54 Å². The van der Waals surface area contributed by atoms with E-state index in [4.69, 9.17) is 5.73 Å². The van der Waals surface area contributed by atoms with E-state index in [2.05, 4.69) is 21.0 Å². The highest BCUT2D eigenvalue weighted by molar-refractivity contribution is 9.10. The second kappa shape index (κ2) is 4.64. The average Bonchev–Trinajstić information content (AvgIpc) is 2.77. The smallest absolute Gasteiger partial charge is 0.270 e. The molecule has 0 saturated heterocycles. The number of halogens is 1. The van der Waals surface area contributed by atoms with Gasteiger partial charge in [0.1, 0.15) is 0 Å². The number of nitrogens with zero attached hydrogens (tertiary/aromatic N) is 3. The van der Waals surface area contributed by atoms with Crippen LogP contribution in [-0.2, 0) is 6.54 Å². The van der Waals surface area contributed by atoms with Gasteiger partial charge >= 0.3 is 0 Å². The summed E-state index contributed by atoms with van der Waals surface area (Å²) >= 11 is 3.29. The van der Waals surface area contributed by atoms with Crippen molar-refractivity contribution in [1.82, 2.24) is 9.78 Å². The van der Waals surface area contributed by atoms with E-state index in [0.717, 1.165) is 11.4 Å². The molecule has 0 aliphatic heterocycles. The lowest BCUT2D eigenvalue weighted by Gasteiger charge is -2.03. The summed E-state index contributed by atoms with van der Waals surface area (Å²) in [6, 6.07) is 6.31. The van der Waals surface area contributed by atoms with Crippen molar-refractivity contribution < 1.29 is 4.92 Å². The molecule has 0 spiro atoms. The summed E-state index contributed by atoms with van der Waals surface area (Å²) < 4.78 is 2.23. The quantitative estimate of drug-likeness (QED) is 0.693. The maximum Gasteiger partial charge on any atom is 0.270 e. The molecule has 0 atom stereocenters. The van der Waals surface area contributed by atoms with Crippen molar-refractivity contribution in [3.05, 3.63) is 50.7 Å². The highest BCUT2D eigenvalue weighted by Gasteiger charge is 2.10. The van der Waals surface area contributed by atoms with Crippen molar-refractivity contribution in [2.75, 3.05) is 0 Å². The Hall–Kier alpha value is -1.73. The standard InChI is InChI=1S/C10H9BrN4O2/c11-9-5-8(15(16)17)1-2-10(9)14-4-3-7(6-12)13-14/h1-5H,6,12H2. The van der Waals surface area contributed by atoms with Gasteiger partial charge in [-0.25, -0.2) is 4.68 Å². The third-order valence-electron chi connectivity index (χ3n) is 2.24. The first-order valence-electron chi connectivity index (χ1n) is 4.80. The minimum atomic E-state index is -0.442. The van der Waals surface area contributed by atoms with Gasteiger partial charge in [0.15, 0.2) is 0 Å². The molecule has 0 amide bonds. The zero-order chi connectivity index (χ0) is 12.4. The summed E-state index contributed by atoms with van der Waals surface area (Å²) in [7, 11) is 0. The number of nitro groups is 1. The fraction of sp³-hybridized carbons (Fsp3) is 0.100. The van der Waals surface area contributed by atoms with Crippen molar-refractivity contribution >= 4 is 21.6 Å². The number of hydrogen-bond acceptors (Lipinski definition) is 4. The van der Waals surface area contributed by atoms with Gasteiger partial charge in [0.25, 0.3) is 5.69 Å². The molecule has 0 aliphatic rings. The van der Waals surface area contributed by atoms with Gasteiger partial charge in [-0.15, -0.1) is 0 Å². The van der Waals surface area contributed by atoms with Gasteiger partial charge in [-0.2, -0.15) is 5.10 Å². The van der Waals surface area contributed by atoms with Gasteiger partial charge in [-0.1, -0.05) is 0 Å². The Balaban J connectivity index is 2.42. The molecule has 2 rings (SSSR count). The SMILES string of the molecule is NCc1ccn(-c2ccc([N+](=O)[O-])cc2Br)n1. The summed E-state index contributed by atoms with van der Waals surface area (Å²) in [6.07, 6.45) is 1.76. The van der Waals surface area contributed by atoms with E-state index in [1.807, 2.05) is 0 Å². The molecule has 88 valence electrons. The van der Waals surface area contributed by atoms with Crippen molar-refractivity contribution in [1.29, 1.82) is 0 Å². The summed E-state index contributed by atoms with van der Waals surface area (Å²) in [5.41, 5.74) is 6.99. The van der Waals surface area contributed by atoms with Gasteiger partial charge in [0.05, 0.1) is 20.8 Å². The van der Waals surface area contributed by atoms with Crippen LogP contribution in [0.4, 0.5) is 5.69 Å². The molecule has 17 heavy (non-hydrogen) atoms. The summed E-state index contributed by atoms with van der Waals surface area (Å²) in [4.78, 5) is 10.2. The lowest BCUT2D eigenvalue weighted by Crippen LogP contribution is -2.01. The van der Waals surface area contributed by atoms with Crippen LogP contribution in [0.2, 0.25) is 0 Å². The van der Waals surface area contributed by atoms with Crippen LogP contribution in [0.15, 0.2) is 34.9 Å². The highest BCUT2D eigenvalue weighted by atomic mass is 79.9. The zero-order valence-electron chi connectivity index (χ0n) is 8.71. The highest BCUT2D eigenvalue weighted by Crippen LogP contribution is 2.25. The lowest BCUT2D eigenvalue weighted by molar-refractivity contribution is -0.384. The largest absolute Gasteiger partial charge is 0.325 e. The van der Waals surface area contributed by atoms with Crippen molar-refractivity contribution in [2.24, 2.45) is 5.73 Å². The Morgan fingerprint density at radius 3 is 2.76 bits per heavy atom. The molecule has 0 bridgehead atoms. The van der Waals surface area contributed by atoms with E-state index in [-0.39, 0.29) is 5.69 Å². The third kappa shape index (κ3) is 2.34. The first-order valence-corrected chi connectivity index (χ1v) is 5.60. The van der Waals surface area contributed by atoms with E-state index >= 15 is 0 Å². The van der Waals surface area contributed by atoms with E-state index in [1.165, 1.54) is 12.1 Å². The number of hydrogen-bond donors (Lipinski definition) is 1. The van der Waals surface area contributed by atoms with Crippen molar-refractivity contribution in [3.8, 4) is 5.69 Å². The minimum absolute atomic E-state index is 0.0341. The molecule has 1 aromatic heterocycles. The van der Waals surface area contributed by atoms with E-state index in [9.17, 15) is 10.1 Å². The van der Waals surface area contributed by atoms with Gasteiger partial charge in [-0.3, -0.25) is 10.1 Å². The molecule has 2 aromatic rings. The minimum Gasteiger partial charge on any atom is -0.325 e. The Morgan fingerprint density at radius 1 is 1.47 bits per heavy atom. The fourth-order valence-corrected chi connectivity index (χ4v) is 1.95. The van der Waals surface area contributed by atoms with Crippen LogP contribution in [-0.4, -0.2) is 14.7 Å². The Kier molecular flexibility index (Phi) is 3.21. The average molecular weight is 297 g/mol. The maximum absolute atomic E-state index is 10.6. The maximum atomic E-state index is 10.6. The van der Waals surface area contributed by atoms with Crippen LogP contribution in [0, 0.1) is 10.1 Å². The van der Waals surface area contributed by atoms with Crippen molar-refractivity contribution in [3.63, 3.8) is 0 Å². The van der Waals surface area contributed by atoms with Gasteiger partial charge in [-0.05, 0) is 28.1 Å². The van der Waals surface area contributed by atoms with Crippen LogP contribution in [0.1, 0.15) is 5.69 Å².